The lowest BCUT2D eigenvalue weighted by atomic mass is 10.1. The van der Waals surface area contributed by atoms with Crippen molar-refractivity contribution in [1.82, 2.24) is 15.1 Å². The quantitative estimate of drug-likeness (QED) is 0.815. The number of aryl methyl sites for hydroxylation is 2. The van der Waals surface area contributed by atoms with E-state index in [0.717, 1.165) is 42.4 Å². The Kier molecular flexibility index (Phi) is 5.95. The Morgan fingerprint density at radius 1 is 1.53 bits per heavy atom. The third-order valence-corrected chi connectivity index (χ3v) is 3.46. The smallest absolute Gasteiger partial charge is 0.0847 e. The maximum absolute atomic E-state index is 6.29. The summed E-state index contributed by atoms with van der Waals surface area (Å²) in [5.41, 5.74) is 2.02. The number of halogens is 1. The van der Waals surface area contributed by atoms with Crippen molar-refractivity contribution in [2.75, 3.05) is 20.8 Å². The van der Waals surface area contributed by atoms with Crippen molar-refractivity contribution >= 4 is 11.6 Å². The topological polar surface area (TPSA) is 39.1 Å². The van der Waals surface area contributed by atoms with E-state index in [1.54, 1.807) is 7.11 Å². The first-order valence-electron chi connectivity index (χ1n) is 6.02. The molecule has 0 aliphatic heterocycles. The largest absolute Gasteiger partial charge is 0.385 e. The zero-order chi connectivity index (χ0) is 12.8. The second kappa shape index (κ2) is 6.99. The monoisotopic (exact) mass is 259 g/mol. The number of aromatic nitrogens is 2. The maximum Gasteiger partial charge on any atom is 0.0847 e. The molecule has 1 aromatic rings. The van der Waals surface area contributed by atoms with Gasteiger partial charge in [0.1, 0.15) is 0 Å². The van der Waals surface area contributed by atoms with E-state index in [1.165, 1.54) is 0 Å². The highest BCUT2D eigenvalue weighted by atomic mass is 35.5. The average molecular weight is 260 g/mol. The van der Waals surface area contributed by atoms with Gasteiger partial charge in [-0.15, -0.1) is 0 Å². The number of hydrogen-bond donors (Lipinski definition) is 1. The van der Waals surface area contributed by atoms with Crippen molar-refractivity contribution in [3.8, 4) is 0 Å². The Balaban J connectivity index is 2.77. The summed E-state index contributed by atoms with van der Waals surface area (Å²) in [5, 5.41) is 8.51. The van der Waals surface area contributed by atoms with Crippen molar-refractivity contribution < 1.29 is 4.74 Å². The summed E-state index contributed by atoms with van der Waals surface area (Å²) in [6, 6.07) is 0.369. The third kappa shape index (κ3) is 3.69. The molecule has 0 saturated heterocycles. The molecule has 1 aromatic heterocycles. The molecule has 1 atom stereocenters. The number of ether oxygens (including phenoxy) is 1. The van der Waals surface area contributed by atoms with Gasteiger partial charge in [-0.3, -0.25) is 4.68 Å². The number of nitrogens with one attached hydrogen (secondary N) is 1. The SMILES string of the molecule is CCn1nc(C)c(Cl)c1CC(CCOC)NC. The summed E-state index contributed by atoms with van der Waals surface area (Å²) >= 11 is 6.29. The second-order valence-corrected chi connectivity index (χ2v) is 4.51. The Bertz CT molecular complexity index is 352. The zero-order valence-electron chi connectivity index (χ0n) is 11.1. The summed E-state index contributed by atoms with van der Waals surface area (Å²) in [7, 11) is 3.69. The predicted octanol–water partition coefficient (Wildman–Crippen LogP) is 2.03. The average Bonchev–Trinajstić information content (AvgIpc) is 2.61. The van der Waals surface area contributed by atoms with Crippen molar-refractivity contribution in [1.29, 1.82) is 0 Å². The Hall–Kier alpha value is -0.580. The third-order valence-electron chi connectivity index (χ3n) is 2.97. The van der Waals surface area contributed by atoms with Crippen LogP contribution in [0.5, 0.6) is 0 Å². The van der Waals surface area contributed by atoms with Gasteiger partial charge in [0.2, 0.25) is 0 Å². The van der Waals surface area contributed by atoms with E-state index >= 15 is 0 Å². The van der Waals surface area contributed by atoms with E-state index in [1.807, 2.05) is 18.7 Å². The molecule has 0 amide bonds. The minimum Gasteiger partial charge on any atom is -0.385 e. The van der Waals surface area contributed by atoms with E-state index in [9.17, 15) is 0 Å². The molecule has 0 fully saturated rings. The van der Waals surface area contributed by atoms with E-state index in [4.69, 9.17) is 16.3 Å². The van der Waals surface area contributed by atoms with E-state index in [2.05, 4.69) is 17.3 Å². The fourth-order valence-corrected chi connectivity index (χ4v) is 2.12. The van der Waals surface area contributed by atoms with Gasteiger partial charge in [-0.05, 0) is 27.3 Å². The van der Waals surface area contributed by atoms with Gasteiger partial charge >= 0.3 is 0 Å². The molecule has 17 heavy (non-hydrogen) atoms. The minimum absolute atomic E-state index is 0.369. The first-order chi connectivity index (χ1) is 8.13. The van der Waals surface area contributed by atoms with Crippen LogP contribution in [-0.2, 0) is 17.7 Å². The van der Waals surface area contributed by atoms with Crippen LogP contribution in [0.3, 0.4) is 0 Å². The molecule has 0 saturated carbocycles. The van der Waals surface area contributed by atoms with Crippen LogP contribution in [0, 0.1) is 6.92 Å². The van der Waals surface area contributed by atoms with E-state index < -0.39 is 0 Å². The van der Waals surface area contributed by atoms with Gasteiger partial charge in [-0.1, -0.05) is 11.6 Å². The van der Waals surface area contributed by atoms with E-state index in [0.29, 0.717) is 6.04 Å². The Labute approximate surface area is 108 Å². The van der Waals surface area contributed by atoms with Gasteiger partial charge in [0.15, 0.2) is 0 Å². The molecule has 0 spiro atoms. The van der Waals surface area contributed by atoms with Crippen LogP contribution >= 0.6 is 11.6 Å². The molecule has 0 aliphatic carbocycles. The van der Waals surface area contributed by atoms with Gasteiger partial charge in [-0.2, -0.15) is 5.10 Å². The lowest BCUT2D eigenvalue weighted by Crippen LogP contribution is -2.30. The summed E-state index contributed by atoms with van der Waals surface area (Å²) in [5.74, 6) is 0. The van der Waals surface area contributed by atoms with Crippen LogP contribution in [0.25, 0.3) is 0 Å². The van der Waals surface area contributed by atoms with Gasteiger partial charge < -0.3 is 10.1 Å². The van der Waals surface area contributed by atoms with Gasteiger partial charge in [0, 0.05) is 32.7 Å². The number of rotatable bonds is 7. The molecular weight excluding hydrogens is 238 g/mol. The summed E-state index contributed by atoms with van der Waals surface area (Å²) < 4.78 is 7.09. The van der Waals surface area contributed by atoms with Crippen molar-refractivity contribution in [2.45, 2.75) is 39.3 Å². The highest BCUT2D eigenvalue weighted by Gasteiger charge is 2.16. The van der Waals surface area contributed by atoms with Crippen LogP contribution in [0.1, 0.15) is 24.7 Å². The maximum atomic E-state index is 6.29. The second-order valence-electron chi connectivity index (χ2n) is 4.13. The molecule has 5 heteroatoms. The number of methoxy groups -OCH3 is 1. The lowest BCUT2D eigenvalue weighted by Gasteiger charge is -2.16. The van der Waals surface area contributed by atoms with Gasteiger partial charge in [0.25, 0.3) is 0 Å². The fourth-order valence-electron chi connectivity index (χ4n) is 1.91. The molecular formula is C12H22ClN3O. The molecule has 1 unspecified atom stereocenters. The normalized spacial score (nSPS) is 13.0. The summed E-state index contributed by atoms with van der Waals surface area (Å²) in [4.78, 5) is 0. The highest BCUT2D eigenvalue weighted by Crippen LogP contribution is 2.22. The van der Waals surface area contributed by atoms with Crippen LogP contribution in [0.4, 0.5) is 0 Å². The van der Waals surface area contributed by atoms with E-state index in [-0.39, 0.29) is 0 Å². The molecule has 1 rings (SSSR count). The van der Waals surface area contributed by atoms with Gasteiger partial charge in [0.05, 0.1) is 16.4 Å². The molecule has 1 heterocycles. The van der Waals surface area contributed by atoms with Crippen LogP contribution < -0.4 is 5.32 Å². The standard InChI is InChI=1S/C12H22ClN3O/c1-5-16-11(12(13)9(2)15-16)8-10(14-3)6-7-17-4/h10,14H,5-8H2,1-4H3. The lowest BCUT2D eigenvalue weighted by molar-refractivity contribution is 0.183. The molecule has 0 bridgehead atoms. The first-order valence-corrected chi connectivity index (χ1v) is 6.39. The number of nitrogens with zero attached hydrogens (tertiary/aromatic N) is 2. The molecule has 0 aliphatic rings. The molecule has 4 nitrogen and oxygen atoms in total. The number of likely N-dealkylation sites (N-methyl/N-ethyl adjacent to an activating group) is 1. The Morgan fingerprint density at radius 2 is 2.24 bits per heavy atom. The molecule has 0 aromatic carbocycles. The predicted molar refractivity (Wildman–Crippen MR) is 70.7 cm³/mol. The Morgan fingerprint density at radius 3 is 2.76 bits per heavy atom. The van der Waals surface area contributed by atoms with Crippen LogP contribution in [0.15, 0.2) is 0 Å². The van der Waals surface area contributed by atoms with Crippen molar-refractivity contribution in [2.24, 2.45) is 0 Å². The van der Waals surface area contributed by atoms with Gasteiger partial charge in [-0.25, -0.2) is 0 Å². The molecule has 98 valence electrons. The summed E-state index contributed by atoms with van der Waals surface area (Å²) in [6.07, 6.45) is 1.85. The molecule has 1 N–H and O–H groups in total. The number of hydrogen-bond acceptors (Lipinski definition) is 3. The highest BCUT2D eigenvalue weighted by molar-refractivity contribution is 6.31. The van der Waals surface area contributed by atoms with Crippen LogP contribution in [0.2, 0.25) is 5.02 Å². The molecule has 0 radical (unpaired) electrons. The minimum atomic E-state index is 0.369. The fraction of sp³-hybridized carbons (Fsp3) is 0.750. The summed E-state index contributed by atoms with van der Waals surface area (Å²) in [6.45, 7) is 5.63. The van der Waals surface area contributed by atoms with Crippen molar-refractivity contribution in [3.05, 3.63) is 16.4 Å². The zero-order valence-corrected chi connectivity index (χ0v) is 11.8. The first kappa shape index (κ1) is 14.5. The van der Waals surface area contributed by atoms with Crippen molar-refractivity contribution in [3.63, 3.8) is 0 Å². The van der Waals surface area contributed by atoms with Crippen LogP contribution in [-0.4, -0.2) is 36.6 Å².